The van der Waals surface area contributed by atoms with Crippen LogP contribution in [-0.2, 0) is 6.42 Å². The van der Waals surface area contributed by atoms with E-state index in [1.807, 2.05) is 6.07 Å². The fourth-order valence-corrected chi connectivity index (χ4v) is 4.06. The number of hydrogen-bond acceptors (Lipinski definition) is 4. The lowest BCUT2D eigenvalue weighted by Gasteiger charge is -2.09. The molecule has 0 unspecified atom stereocenters. The zero-order chi connectivity index (χ0) is 17.2. The third-order valence-electron chi connectivity index (χ3n) is 4.35. The van der Waals surface area contributed by atoms with Crippen molar-refractivity contribution in [3.8, 4) is 11.1 Å². The SMILES string of the molecule is CCc1ccc(Nc2ncnc3sc(C)c(-c4ccccc4)c23)cc1. The molecule has 2 heterocycles. The molecule has 0 saturated carbocycles. The van der Waals surface area contributed by atoms with E-state index in [0.717, 1.165) is 28.1 Å². The van der Waals surface area contributed by atoms with Crippen LogP contribution in [0.5, 0.6) is 0 Å². The maximum absolute atomic E-state index is 4.53. The molecule has 0 aliphatic rings. The summed E-state index contributed by atoms with van der Waals surface area (Å²) in [7, 11) is 0. The second kappa shape index (κ2) is 6.65. The number of nitrogens with zero attached hydrogens (tertiary/aromatic N) is 2. The molecule has 124 valence electrons. The first kappa shape index (κ1) is 15.8. The van der Waals surface area contributed by atoms with Crippen molar-refractivity contribution in [2.45, 2.75) is 20.3 Å². The summed E-state index contributed by atoms with van der Waals surface area (Å²) in [5.41, 5.74) is 4.79. The minimum atomic E-state index is 0.859. The highest BCUT2D eigenvalue weighted by Gasteiger charge is 2.16. The first-order valence-electron chi connectivity index (χ1n) is 8.41. The van der Waals surface area contributed by atoms with E-state index in [2.05, 4.69) is 77.7 Å². The lowest BCUT2D eigenvalue weighted by atomic mass is 10.0. The Morgan fingerprint density at radius 1 is 0.960 bits per heavy atom. The third kappa shape index (κ3) is 3.01. The maximum Gasteiger partial charge on any atom is 0.143 e. The minimum Gasteiger partial charge on any atom is -0.340 e. The number of benzene rings is 2. The largest absolute Gasteiger partial charge is 0.340 e. The fourth-order valence-electron chi connectivity index (χ4n) is 3.05. The van der Waals surface area contributed by atoms with Gasteiger partial charge in [-0.05, 0) is 36.6 Å². The normalized spacial score (nSPS) is 11.0. The standard InChI is InChI=1S/C21H19N3S/c1-3-15-9-11-17(12-10-15)24-20-19-18(16-7-5-4-6-8-16)14(2)25-21(19)23-13-22-20/h4-13H,3H2,1-2H3,(H,22,23,24). The van der Waals surface area contributed by atoms with Gasteiger partial charge in [0.25, 0.3) is 0 Å². The number of nitrogens with one attached hydrogen (secondary N) is 1. The van der Waals surface area contributed by atoms with E-state index in [4.69, 9.17) is 0 Å². The first-order valence-corrected chi connectivity index (χ1v) is 9.23. The van der Waals surface area contributed by atoms with Gasteiger partial charge in [-0.1, -0.05) is 49.4 Å². The number of rotatable bonds is 4. The number of thiophene rings is 1. The van der Waals surface area contributed by atoms with Gasteiger partial charge in [0.1, 0.15) is 17.0 Å². The Morgan fingerprint density at radius 3 is 2.44 bits per heavy atom. The van der Waals surface area contributed by atoms with Gasteiger partial charge in [-0.15, -0.1) is 11.3 Å². The highest BCUT2D eigenvalue weighted by atomic mass is 32.1. The van der Waals surface area contributed by atoms with Crippen molar-refractivity contribution in [3.05, 3.63) is 71.4 Å². The van der Waals surface area contributed by atoms with Gasteiger partial charge in [-0.25, -0.2) is 9.97 Å². The molecule has 0 aliphatic heterocycles. The van der Waals surface area contributed by atoms with Crippen LogP contribution >= 0.6 is 11.3 Å². The Labute approximate surface area is 151 Å². The predicted molar refractivity (Wildman–Crippen MR) is 107 cm³/mol. The van der Waals surface area contributed by atoms with Crippen molar-refractivity contribution in [1.82, 2.24) is 9.97 Å². The van der Waals surface area contributed by atoms with E-state index in [1.54, 1.807) is 17.7 Å². The topological polar surface area (TPSA) is 37.8 Å². The molecule has 4 aromatic rings. The van der Waals surface area contributed by atoms with Crippen LogP contribution < -0.4 is 5.32 Å². The lowest BCUT2D eigenvalue weighted by Crippen LogP contribution is -1.96. The smallest absolute Gasteiger partial charge is 0.143 e. The van der Waals surface area contributed by atoms with Crippen molar-refractivity contribution in [2.24, 2.45) is 0 Å². The molecule has 0 fully saturated rings. The molecule has 0 amide bonds. The highest BCUT2D eigenvalue weighted by molar-refractivity contribution is 7.19. The molecule has 0 radical (unpaired) electrons. The Morgan fingerprint density at radius 2 is 1.72 bits per heavy atom. The van der Waals surface area contributed by atoms with Crippen LogP contribution in [-0.4, -0.2) is 9.97 Å². The van der Waals surface area contributed by atoms with Crippen LogP contribution in [0, 0.1) is 6.92 Å². The zero-order valence-electron chi connectivity index (χ0n) is 14.3. The van der Waals surface area contributed by atoms with Crippen molar-refractivity contribution in [1.29, 1.82) is 0 Å². The van der Waals surface area contributed by atoms with Gasteiger partial charge in [0, 0.05) is 16.1 Å². The van der Waals surface area contributed by atoms with Gasteiger partial charge < -0.3 is 5.32 Å². The van der Waals surface area contributed by atoms with E-state index in [1.165, 1.54) is 21.6 Å². The summed E-state index contributed by atoms with van der Waals surface area (Å²) in [6.07, 6.45) is 2.68. The van der Waals surface area contributed by atoms with Crippen LogP contribution in [0.2, 0.25) is 0 Å². The summed E-state index contributed by atoms with van der Waals surface area (Å²) in [6.45, 7) is 4.31. The van der Waals surface area contributed by atoms with Gasteiger partial charge in [-0.2, -0.15) is 0 Å². The molecule has 2 aromatic heterocycles. The quantitative estimate of drug-likeness (QED) is 0.495. The average Bonchev–Trinajstić information content (AvgIpc) is 3.00. The van der Waals surface area contributed by atoms with Crippen LogP contribution in [0.4, 0.5) is 11.5 Å². The van der Waals surface area contributed by atoms with E-state index in [0.29, 0.717) is 0 Å². The van der Waals surface area contributed by atoms with E-state index in [9.17, 15) is 0 Å². The predicted octanol–water partition coefficient (Wildman–Crippen LogP) is 5.97. The number of aryl methyl sites for hydroxylation is 2. The lowest BCUT2D eigenvalue weighted by molar-refractivity contribution is 1.14. The van der Waals surface area contributed by atoms with E-state index >= 15 is 0 Å². The summed E-state index contributed by atoms with van der Waals surface area (Å²) in [6, 6.07) is 19.0. The van der Waals surface area contributed by atoms with Crippen LogP contribution in [0.25, 0.3) is 21.3 Å². The molecule has 1 N–H and O–H groups in total. The van der Waals surface area contributed by atoms with Gasteiger partial charge in [0.05, 0.1) is 5.39 Å². The average molecular weight is 345 g/mol. The van der Waals surface area contributed by atoms with Crippen molar-refractivity contribution < 1.29 is 0 Å². The molecule has 25 heavy (non-hydrogen) atoms. The molecule has 4 rings (SSSR count). The minimum absolute atomic E-state index is 0.859. The van der Waals surface area contributed by atoms with Crippen LogP contribution in [0.1, 0.15) is 17.4 Å². The molecule has 0 saturated heterocycles. The van der Waals surface area contributed by atoms with Crippen LogP contribution in [0.15, 0.2) is 60.9 Å². The van der Waals surface area contributed by atoms with Gasteiger partial charge >= 0.3 is 0 Å². The third-order valence-corrected chi connectivity index (χ3v) is 5.36. The summed E-state index contributed by atoms with van der Waals surface area (Å²) in [5, 5.41) is 4.57. The molecular weight excluding hydrogens is 326 g/mol. The molecule has 4 heteroatoms. The Balaban J connectivity index is 1.83. The molecule has 0 bridgehead atoms. The molecule has 0 atom stereocenters. The molecule has 0 aliphatic carbocycles. The number of hydrogen-bond donors (Lipinski definition) is 1. The molecule has 3 nitrogen and oxygen atoms in total. The van der Waals surface area contributed by atoms with E-state index in [-0.39, 0.29) is 0 Å². The van der Waals surface area contributed by atoms with Gasteiger partial charge in [0.2, 0.25) is 0 Å². The van der Waals surface area contributed by atoms with Crippen molar-refractivity contribution in [2.75, 3.05) is 5.32 Å². The summed E-state index contributed by atoms with van der Waals surface area (Å²) >= 11 is 1.71. The number of aromatic nitrogens is 2. The maximum atomic E-state index is 4.53. The molecular formula is C21H19N3S. The monoisotopic (exact) mass is 345 g/mol. The fraction of sp³-hybridized carbons (Fsp3) is 0.143. The van der Waals surface area contributed by atoms with Crippen molar-refractivity contribution >= 4 is 33.1 Å². The van der Waals surface area contributed by atoms with Gasteiger partial charge in [-0.3, -0.25) is 0 Å². The Hall–Kier alpha value is -2.72. The van der Waals surface area contributed by atoms with Gasteiger partial charge in [0.15, 0.2) is 0 Å². The zero-order valence-corrected chi connectivity index (χ0v) is 15.1. The Kier molecular flexibility index (Phi) is 4.20. The second-order valence-corrected chi connectivity index (χ2v) is 7.18. The highest BCUT2D eigenvalue weighted by Crippen LogP contribution is 2.40. The summed E-state index contributed by atoms with van der Waals surface area (Å²) < 4.78 is 0. The number of anilines is 2. The Bertz CT molecular complexity index is 1000. The molecule has 2 aromatic carbocycles. The van der Waals surface area contributed by atoms with Crippen LogP contribution in [0.3, 0.4) is 0 Å². The molecule has 0 spiro atoms. The van der Waals surface area contributed by atoms with Crippen molar-refractivity contribution in [3.63, 3.8) is 0 Å². The first-order chi connectivity index (χ1) is 12.3. The van der Waals surface area contributed by atoms with E-state index < -0.39 is 0 Å². The summed E-state index contributed by atoms with van der Waals surface area (Å²) in [5.74, 6) is 0.859. The summed E-state index contributed by atoms with van der Waals surface area (Å²) in [4.78, 5) is 11.3. The second-order valence-electron chi connectivity index (χ2n) is 5.98. The number of fused-ring (bicyclic) bond motifs is 1.